The monoisotopic (exact) mass is 459 g/mol. The van der Waals surface area contributed by atoms with Gasteiger partial charge in [0.25, 0.3) is 0 Å². The minimum atomic E-state index is 0.505. The van der Waals surface area contributed by atoms with Crippen molar-refractivity contribution in [2.75, 3.05) is 0 Å². The Morgan fingerprint density at radius 1 is 0.576 bits per heavy atom. The topological polar surface area (TPSA) is 4.93 Å². The Balaban J connectivity index is 1.33. The lowest BCUT2D eigenvalue weighted by Gasteiger charge is -2.31. The first-order chi connectivity index (χ1) is 16.4. The first-order valence-electron chi connectivity index (χ1n) is 11.3. The molecule has 0 saturated carbocycles. The summed E-state index contributed by atoms with van der Waals surface area (Å²) in [5.41, 5.74) is 6.30. The quantitative estimate of drug-likeness (QED) is 0.261. The van der Waals surface area contributed by atoms with E-state index in [0.717, 1.165) is 0 Å². The molecule has 0 N–H and O–H groups in total. The lowest BCUT2D eigenvalue weighted by Crippen LogP contribution is -2.20. The van der Waals surface area contributed by atoms with Crippen molar-refractivity contribution in [2.24, 2.45) is 0 Å². The van der Waals surface area contributed by atoms with Crippen molar-refractivity contribution in [3.8, 4) is 16.8 Å². The van der Waals surface area contributed by atoms with E-state index in [2.05, 4.69) is 120 Å². The summed E-state index contributed by atoms with van der Waals surface area (Å²) in [6.45, 7) is 0. The third-order valence-corrected chi connectivity index (χ3v) is 9.57. The highest BCUT2D eigenvalue weighted by molar-refractivity contribution is 8.06. The summed E-state index contributed by atoms with van der Waals surface area (Å²) in [6.07, 6.45) is 9.03. The Bertz CT molecular complexity index is 1520. The van der Waals surface area contributed by atoms with Crippen molar-refractivity contribution in [3.63, 3.8) is 0 Å². The van der Waals surface area contributed by atoms with Crippen LogP contribution in [-0.2, 0) is 0 Å². The number of thioether (sulfide) groups is 2. The van der Waals surface area contributed by atoms with Crippen molar-refractivity contribution in [2.45, 2.75) is 20.3 Å². The van der Waals surface area contributed by atoms with Crippen LogP contribution in [0.5, 0.6) is 0 Å². The Labute approximate surface area is 201 Å². The molecule has 0 saturated heterocycles. The molecule has 33 heavy (non-hydrogen) atoms. The van der Waals surface area contributed by atoms with Gasteiger partial charge in [-0.05, 0) is 41.5 Å². The van der Waals surface area contributed by atoms with Crippen LogP contribution in [0.1, 0.15) is 0 Å². The van der Waals surface area contributed by atoms with Crippen LogP contribution in [0.25, 0.3) is 38.6 Å². The van der Waals surface area contributed by atoms with Gasteiger partial charge in [-0.1, -0.05) is 85.0 Å². The number of aromatic nitrogens is 1. The summed E-state index contributed by atoms with van der Waals surface area (Å²) in [5, 5.41) is 3.63. The predicted octanol–water partition coefficient (Wildman–Crippen LogP) is 8.51. The molecule has 3 heteroatoms. The van der Waals surface area contributed by atoms with Gasteiger partial charge in [0.05, 0.1) is 11.0 Å². The summed E-state index contributed by atoms with van der Waals surface area (Å²) in [7, 11) is 0. The van der Waals surface area contributed by atoms with Crippen LogP contribution in [0.15, 0.2) is 125 Å². The van der Waals surface area contributed by atoms with Crippen molar-refractivity contribution in [1.82, 2.24) is 4.57 Å². The molecule has 158 valence electrons. The van der Waals surface area contributed by atoms with E-state index in [0.29, 0.717) is 10.5 Å². The van der Waals surface area contributed by atoms with Gasteiger partial charge in [0.15, 0.2) is 0 Å². The molecule has 0 amide bonds. The molecule has 2 unspecified atom stereocenters. The van der Waals surface area contributed by atoms with E-state index in [1.54, 1.807) is 0 Å². The van der Waals surface area contributed by atoms with E-state index in [1.165, 1.54) is 48.4 Å². The molecule has 4 aromatic carbocycles. The Morgan fingerprint density at radius 3 is 1.91 bits per heavy atom. The zero-order valence-corrected chi connectivity index (χ0v) is 19.5. The number of para-hydroxylation sites is 2. The average molecular weight is 460 g/mol. The Hall–Kier alpha value is -3.14. The third kappa shape index (κ3) is 3.11. The second-order valence-corrected chi connectivity index (χ2v) is 10.9. The number of benzene rings is 4. The standard InChI is InChI=1S/C30H21NS2/c1-3-11-25-23(8-1)24-9-2-4-12-26(24)31(25)21-18-16-20(17-19-21)22-10-7-15-29-30(22)33-28-14-6-5-13-27(28)32-29/h1-19,27-28H. The largest absolute Gasteiger partial charge is 0.309 e. The van der Waals surface area contributed by atoms with Gasteiger partial charge in [-0.25, -0.2) is 0 Å². The highest BCUT2D eigenvalue weighted by Gasteiger charge is 2.29. The second-order valence-electron chi connectivity index (χ2n) is 8.48. The highest BCUT2D eigenvalue weighted by Crippen LogP contribution is 2.50. The van der Waals surface area contributed by atoms with Crippen LogP contribution in [0.4, 0.5) is 0 Å². The van der Waals surface area contributed by atoms with Gasteiger partial charge in [-0.15, -0.1) is 23.5 Å². The van der Waals surface area contributed by atoms with Gasteiger partial charge in [0.1, 0.15) is 0 Å². The number of hydrogen-bond donors (Lipinski definition) is 0. The molecule has 1 nitrogen and oxygen atoms in total. The number of fused-ring (bicyclic) bond motifs is 5. The molecule has 1 aliphatic carbocycles. The molecule has 1 aromatic heterocycles. The maximum absolute atomic E-state index is 2.38. The number of hydrogen-bond acceptors (Lipinski definition) is 2. The molecular formula is C30H21NS2. The maximum Gasteiger partial charge on any atom is 0.0541 e. The lowest BCUT2D eigenvalue weighted by molar-refractivity contribution is 1.04. The fourth-order valence-electron chi connectivity index (χ4n) is 5.01. The van der Waals surface area contributed by atoms with Crippen molar-refractivity contribution in [1.29, 1.82) is 0 Å². The fraction of sp³-hybridized carbons (Fsp3) is 0.0667. The van der Waals surface area contributed by atoms with E-state index in [1.807, 2.05) is 23.5 Å². The molecule has 2 atom stereocenters. The minimum Gasteiger partial charge on any atom is -0.309 e. The summed E-state index contributed by atoms with van der Waals surface area (Å²) < 4.78 is 2.38. The van der Waals surface area contributed by atoms with Crippen LogP contribution in [0.3, 0.4) is 0 Å². The van der Waals surface area contributed by atoms with E-state index >= 15 is 0 Å². The zero-order chi connectivity index (χ0) is 21.8. The zero-order valence-electron chi connectivity index (χ0n) is 17.9. The predicted molar refractivity (Wildman–Crippen MR) is 144 cm³/mol. The van der Waals surface area contributed by atoms with Gasteiger partial charge in [-0.3, -0.25) is 0 Å². The van der Waals surface area contributed by atoms with Crippen molar-refractivity contribution in [3.05, 3.63) is 115 Å². The minimum absolute atomic E-state index is 0.505. The number of allylic oxidation sites excluding steroid dienone is 2. The smallest absolute Gasteiger partial charge is 0.0541 e. The van der Waals surface area contributed by atoms with Crippen LogP contribution in [0, 0.1) is 0 Å². The van der Waals surface area contributed by atoms with Crippen molar-refractivity contribution >= 4 is 45.3 Å². The maximum atomic E-state index is 2.38. The summed E-state index contributed by atoms with van der Waals surface area (Å²) in [4.78, 5) is 2.80. The first kappa shape index (κ1) is 19.3. The molecule has 5 aromatic rings. The van der Waals surface area contributed by atoms with Gasteiger partial charge < -0.3 is 4.57 Å². The molecular weight excluding hydrogens is 438 g/mol. The number of rotatable bonds is 2. The molecule has 2 heterocycles. The van der Waals surface area contributed by atoms with Crippen LogP contribution in [-0.4, -0.2) is 15.1 Å². The van der Waals surface area contributed by atoms with Gasteiger partial charge >= 0.3 is 0 Å². The number of nitrogens with zero attached hydrogens (tertiary/aromatic N) is 1. The lowest BCUT2D eigenvalue weighted by atomic mass is 10.1. The van der Waals surface area contributed by atoms with E-state index in [-0.39, 0.29) is 0 Å². The molecule has 1 aliphatic heterocycles. The molecule has 0 radical (unpaired) electrons. The summed E-state index contributed by atoms with van der Waals surface area (Å²) >= 11 is 3.99. The fourth-order valence-corrected chi connectivity index (χ4v) is 7.86. The van der Waals surface area contributed by atoms with Crippen LogP contribution < -0.4 is 0 Å². The van der Waals surface area contributed by atoms with Crippen LogP contribution in [0.2, 0.25) is 0 Å². The summed E-state index contributed by atoms with van der Waals surface area (Å²) in [5.74, 6) is 0. The second kappa shape index (κ2) is 7.72. The van der Waals surface area contributed by atoms with Gasteiger partial charge in [-0.2, -0.15) is 0 Å². The highest BCUT2D eigenvalue weighted by atomic mass is 32.2. The Morgan fingerprint density at radius 2 is 1.21 bits per heavy atom. The third-order valence-electron chi connectivity index (χ3n) is 6.55. The average Bonchev–Trinajstić information content (AvgIpc) is 3.22. The SMILES string of the molecule is C1=CC2Sc3cccc(-c4ccc(-n5c6ccccc6c6ccccc65)cc4)c3SC2C=C1. The Kier molecular flexibility index (Phi) is 4.53. The van der Waals surface area contributed by atoms with Crippen LogP contribution >= 0.6 is 23.5 Å². The van der Waals surface area contributed by atoms with E-state index < -0.39 is 0 Å². The first-order valence-corrected chi connectivity index (χ1v) is 13.0. The molecule has 2 aliphatic rings. The molecule has 0 bridgehead atoms. The normalized spacial score (nSPS) is 19.0. The van der Waals surface area contributed by atoms with Gasteiger partial charge in [0.2, 0.25) is 0 Å². The van der Waals surface area contributed by atoms with E-state index in [4.69, 9.17) is 0 Å². The molecule has 0 fully saturated rings. The molecule has 0 spiro atoms. The summed E-state index contributed by atoms with van der Waals surface area (Å²) in [6, 6.07) is 33.2. The molecule has 7 rings (SSSR count). The van der Waals surface area contributed by atoms with E-state index in [9.17, 15) is 0 Å². The van der Waals surface area contributed by atoms with Crippen molar-refractivity contribution < 1.29 is 0 Å². The van der Waals surface area contributed by atoms with Gasteiger partial charge in [0, 0.05) is 36.8 Å².